The van der Waals surface area contributed by atoms with Gasteiger partial charge in [-0.2, -0.15) is 0 Å². The summed E-state index contributed by atoms with van der Waals surface area (Å²) in [6.45, 7) is 16.7. The molecule has 0 aromatic heterocycles. The Morgan fingerprint density at radius 1 is 1.03 bits per heavy atom. The summed E-state index contributed by atoms with van der Waals surface area (Å²) >= 11 is 0. The quantitative estimate of drug-likeness (QED) is 0.449. The molecule has 7 nitrogen and oxygen atoms in total. The van der Waals surface area contributed by atoms with Gasteiger partial charge < -0.3 is 20.3 Å². The fourth-order valence-corrected chi connectivity index (χ4v) is 3.72. The molecule has 0 aliphatic heterocycles. The summed E-state index contributed by atoms with van der Waals surface area (Å²) in [4.78, 5) is 41.6. The van der Waals surface area contributed by atoms with Gasteiger partial charge in [0.15, 0.2) is 0 Å². The lowest BCUT2D eigenvalue weighted by atomic mass is 9.98. The number of hydrogen-bond acceptors (Lipinski definition) is 4. The molecule has 0 saturated heterocycles. The molecule has 0 heterocycles. The van der Waals surface area contributed by atoms with E-state index in [4.69, 9.17) is 4.74 Å². The van der Waals surface area contributed by atoms with E-state index in [0.717, 1.165) is 11.1 Å². The molecule has 2 aromatic rings. The summed E-state index contributed by atoms with van der Waals surface area (Å²) in [5, 5.41) is 5.68. The van der Waals surface area contributed by atoms with Gasteiger partial charge in [0.1, 0.15) is 17.7 Å². The predicted molar refractivity (Wildman–Crippen MR) is 144 cm³/mol. The van der Waals surface area contributed by atoms with E-state index in [9.17, 15) is 14.4 Å². The number of nitrogens with one attached hydrogen (secondary N) is 2. The van der Waals surface area contributed by atoms with Crippen molar-refractivity contribution in [3.05, 3.63) is 77.9 Å². The lowest BCUT2D eigenvalue weighted by Gasteiger charge is -2.35. The SMILES string of the molecule is C=CCN(C(=O)C(NC(=O)OC(C)(C)C)C(C)C)C(C(=O)Nc1ccccc1C)c1ccc(C)cc1. The van der Waals surface area contributed by atoms with E-state index in [-0.39, 0.29) is 18.4 Å². The van der Waals surface area contributed by atoms with Crippen molar-refractivity contribution in [3.63, 3.8) is 0 Å². The maximum Gasteiger partial charge on any atom is 0.408 e. The number of rotatable bonds is 9. The van der Waals surface area contributed by atoms with Crippen LogP contribution in [0.4, 0.5) is 10.5 Å². The fraction of sp³-hybridized carbons (Fsp3) is 0.414. The molecule has 2 atom stereocenters. The minimum atomic E-state index is -0.947. The fourth-order valence-electron chi connectivity index (χ4n) is 3.72. The normalized spacial score (nSPS) is 12.9. The Hall–Kier alpha value is -3.61. The second kappa shape index (κ2) is 12.4. The van der Waals surface area contributed by atoms with E-state index in [1.54, 1.807) is 26.8 Å². The molecule has 2 rings (SSSR count). The van der Waals surface area contributed by atoms with Gasteiger partial charge in [-0.3, -0.25) is 9.59 Å². The van der Waals surface area contributed by atoms with Crippen LogP contribution in [0.2, 0.25) is 0 Å². The summed E-state index contributed by atoms with van der Waals surface area (Å²) in [5.74, 6) is -1.01. The van der Waals surface area contributed by atoms with Crippen molar-refractivity contribution in [1.82, 2.24) is 10.2 Å². The van der Waals surface area contributed by atoms with Crippen molar-refractivity contribution in [2.75, 3.05) is 11.9 Å². The molecular formula is C29H39N3O4. The summed E-state index contributed by atoms with van der Waals surface area (Å²) in [6, 6.07) is 13.1. The number of carbonyl (C=O) groups excluding carboxylic acids is 3. The van der Waals surface area contributed by atoms with Crippen LogP contribution in [0.1, 0.15) is 57.4 Å². The van der Waals surface area contributed by atoms with E-state index in [2.05, 4.69) is 17.2 Å². The molecule has 0 radical (unpaired) electrons. The highest BCUT2D eigenvalue weighted by atomic mass is 16.6. The Labute approximate surface area is 214 Å². The molecule has 0 saturated carbocycles. The summed E-state index contributed by atoms with van der Waals surface area (Å²) in [7, 11) is 0. The van der Waals surface area contributed by atoms with Crippen molar-refractivity contribution >= 4 is 23.6 Å². The summed E-state index contributed by atoms with van der Waals surface area (Å²) in [6.07, 6.45) is 0.884. The van der Waals surface area contributed by atoms with Crippen molar-refractivity contribution in [3.8, 4) is 0 Å². The lowest BCUT2D eigenvalue weighted by Crippen LogP contribution is -2.54. The van der Waals surface area contributed by atoms with Gasteiger partial charge in [-0.05, 0) is 57.7 Å². The molecule has 0 aliphatic carbocycles. The molecule has 7 heteroatoms. The van der Waals surface area contributed by atoms with Gasteiger partial charge in [-0.25, -0.2) is 4.79 Å². The van der Waals surface area contributed by atoms with E-state index in [0.29, 0.717) is 11.3 Å². The van der Waals surface area contributed by atoms with Gasteiger partial charge in [0.2, 0.25) is 5.91 Å². The topological polar surface area (TPSA) is 87.7 Å². The molecule has 3 amide bonds. The van der Waals surface area contributed by atoms with Crippen LogP contribution in [0.15, 0.2) is 61.2 Å². The van der Waals surface area contributed by atoms with E-state index >= 15 is 0 Å². The number of anilines is 1. The number of para-hydroxylation sites is 1. The molecule has 0 spiro atoms. The third-order valence-electron chi connectivity index (χ3n) is 5.57. The highest BCUT2D eigenvalue weighted by Gasteiger charge is 2.37. The largest absolute Gasteiger partial charge is 0.444 e. The van der Waals surface area contributed by atoms with Gasteiger partial charge in [0.25, 0.3) is 5.91 Å². The standard InChI is InChI=1S/C29H39N3O4/c1-9-18-32(27(34)24(19(2)3)31-28(35)36-29(6,7)8)25(22-16-14-20(4)15-17-22)26(33)30-23-13-11-10-12-21(23)5/h9-17,19,24-25H,1,18H2,2-8H3,(H,30,33)(H,31,35). The van der Waals surface area contributed by atoms with Crippen LogP contribution in [-0.4, -0.2) is 41.0 Å². The molecule has 2 N–H and O–H groups in total. The maximum atomic E-state index is 13.9. The van der Waals surface area contributed by atoms with Crippen molar-refractivity contribution in [2.45, 2.75) is 66.2 Å². The van der Waals surface area contributed by atoms with Crippen LogP contribution in [0.5, 0.6) is 0 Å². The first kappa shape index (κ1) is 28.6. The number of alkyl carbamates (subject to hydrolysis) is 1. The van der Waals surface area contributed by atoms with Gasteiger partial charge in [-0.1, -0.05) is 68.0 Å². The maximum absolute atomic E-state index is 13.9. The molecule has 2 unspecified atom stereocenters. The zero-order valence-electron chi connectivity index (χ0n) is 22.4. The van der Waals surface area contributed by atoms with E-state index in [1.807, 2.05) is 76.2 Å². The zero-order valence-corrected chi connectivity index (χ0v) is 22.4. The molecule has 36 heavy (non-hydrogen) atoms. The molecule has 0 bridgehead atoms. The molecule has 194 valence electrons. The number of amides is 3. The average Bonchev–Trinajstić information content (AvgIpc) is 2.78. The summed E-state index contributed by atoms with van der Waals surface area (Å²) in [5.41, 5.74) is 2.54. The Balaban J connectivity index is 2.49. The number of nitrogens with zero attached hydrogens (tertiary/aromatic N) is 1. The first-order valence-electron chi connectivity index (χ1n) is 12.2. The lowest BCUT2D eigenvalue weighted by molar-refractivity contribution is -0.141. The highest BCUT2D eigenvalue weighted by molar-refractivity contribution is 5.99. The Morgan fingerprint density at radius 3 is 2.17 bits per heavy atom. The van der Waals surface area contributed by atoms with Crippen LogP contribution < -0.4 is 10.6 Å². The van der Waals surface area contributed by atoms with Crippen molar-refractivity contribution in [1.29, 1.82) is 0 Å². The Kier molecular flexibility index (Phi) is 9.84. The van der Waals surface area contributed by atoms with Gasteiger partial charge in [-0.15, -0.1) is 6.58 Å². The van der Waals surface area contributed by atoms with Crippen LogP contribution in [-0.2, 0) is 14.3 Å². The molecule has 0 aliphatic rings. The first-order valence-corrected chi connectivity index (χ1v) is 12.2. The Morgan fingerprint density at radius 2 is 1.64 bits per heavy atom. The molecule has 0 fully saturated rings. The second-order valence-electron chi connectivity index (χ2n) is 10.3. The van der Waals surface area contributed by atoms with Crippen molar-refractivity contribution < 1.29 is 19.1 Å². The zero-order chi connectivity index (χ0) is 27.0. The number of ether oxygens (including phenoxy) is 1. The van der Waals surface area contributed by atoms with Gasteiger partial charge in [0, 0.05) is 12.2 Å². The minimum Gasteiger partial charge on any atom is -0.444 e. The van der Waals surface area contributed by atoms with Crippen LogP contribution in [0, 0.1) is 19.8 Å². The van der Waals surface area contributed by atoms with E-state index in [1.165, 1.54) is 4.90 Å². The number of benzene rings is 2. The van der Waals surface area contributed by atoms with Crippen LogP contribution >= 0.6 is 0 Å². The number of aryl methyl sites for hydroxylation is 2. The minimum absolute atomic E-state index is 0.109. The second-order valence-corrected chi connectivity index (χ2v) is 10.3. The Bertz CT molecular complexity index is 1070. The first-order chi connectivity index (χ1) is 16.8. The van der Waals surface area contributed by atoms with Gasteiger partial charge in [0.05, 0.1) is 0 Å². The average molecular weight is 494 g/mol. The van der Waals surface area contributed by atoms with Crippen molar-refractivity contribution in [2.24, 2.45) is 5.92 Å². The molecular weight excluding hydrogens is 454 g/mol. The smallest absolute Gasteiger partial charge is 0.408 e. The molecule has 2 aromatic carbocycles. The van der Waals surface area contributed by atoms with Gasteiger partial charge >= 0.3 is 6.09 Å². The summed E-state index contributed by atoms with van der Waals surface area (Å²) < 4.78 is 5.39. The number of hydrogen-bond donors (Lipinski definition) is 2. The van der Waals surface area contributed by atoms with Crippen LogP contribution in [0.25, 0.3) is 0 Å². The predicted octanol–water partition coefficient (Wildman–Crippen LogP) is 5.55. The highest BCUT2D eigenvalue weighted by Crippen LogP contribution is 2.26. The third kappa shape index (κ3) is 7.97. The third-order valence-corrected chi connectivity index (χ3v) is 5.57. The van der Waals surface area contributed by atoms with Crippen LogP contribution in [0.3, 0.4) is 0 Å². The van der Waals surface area contributed by atoms with E-state index < -0.39 is 29.7 Å². The monoisotopic (exact) mass is 493 g/mol. The number of carbonyl (C=O) groups is 3.